The highest BCUT2D eigenvalue weighted by Gasteiger charge is 2.42. The maximum Gasteiger partial charge on any atom is 0.241 e. The Labute approximate surface area is 201 Å². The molecule has 1 aliphatic carbocycles. The van der Waals surface area contributed by atoms with E-state index < -0.39 is 5.82 Å². The number of rotatable bonds is 5. The van der Waals surface area contributed by atoms with Gasteiger partial charge in [0, 0.05) is 42.9 Å². The van der Waals surface area contributed by atoms with Crippen LogP contribution in [0.15, 0.2) is 36.7 Å². The van der Waals surface area contributed by atoms with Gasteiger partial charge < -0.3 is 14.5 Å². The molecule has 7 heteroatoms. The van der Waals surface area contributed by atoms with E-state index in [4.69, 9.17) is 4.74 Å². The van der Waals surface area contributed by atoms with Crippen molar-refractivity contribution in [2.75, 3.05) is 26.2 Å². The molecule has 0 N–H and O–H groups in total. The molecule has 0 radical (unpaired) electrons. The Morgan fingerprint density at radius 1 is 1.03 bits per heavy atom. The van der Waals surface area contributed by atoms with E-state index in [0.717, 1.165) is 51.4 Å². The lowest BCUT2D eigenvalue weighted by atomic mass is 9.78. The van der Waals surface area contributed by atoms with E-state index in [0.29, 0.717) is 18.1 Å². The molecule has 0 unspecified atom stereocenters. The molecule has 1 saturated carbocycles. The zero-order valence-corrected chi connectivity index (χ0v) is 20.1. The monoisotopic (exact) mass is 466 g/mol. The van der Waals surface area contributed by atoms with Crippen LogP contribution in [0, 0.1) is 11.2 Å². The van der Waals surface area contributed by atoms with Crippen LogP contribution in [0.25, 0.3) is 0 Å². The van der Waals surface area contributed by atoms with Crippen molar-refractivity contribution in [3.8, 4) is 11.6 Å². The van der Waals surface area contributed by atoms with E-state index in [-0.39, 0.29) is 23.0 Å². The fourth-order valence-electron chi connectivity index (χ4n) is 5.96. The van der Waals surface area contributed by atoms with Crippen molar-refractivity contribution in [2.24, 2.45) is 5.41 Å². The zero-order valence-electron chi connectivity index (χ0n) is 20.1. The molecule has 182 valence electrons. The number of nitrogens with zero attached hydrogens (tertiary/aromatic N) is 4. The lowest BCUT2D eigenvalue weighted by Crippen LogP contribution is -2.52. The first-order valence-corrected chi connectivity index (χ1v) is 12.8. The lowest BCUT2D eigenvalue weighted by Gasteiger charge is -2.44. The molecule has 34 heavy (non-hydrogen) atoms. The van der Waals surface area contributed by atoms with Crippen LogP contribution < -0.4 is 4.74 Å². The molecular weight excluding hydrogens is 431 g/mol. The highest BCUT2D eigenvalue weighted by molar-refractivity contribution is 5.82. The maximum absolute atomic E-state index is 14.2. The summed E-state index contributed by atoms with van der Waals surface area (Å²) in [5.41, 5.74) is 0.399. The third kappa shape index (κ3) is 4.81. The van der Waals surface area contributed by atoms with Crippen LogP contribution >= 0.6 is 0 Å². The van der Waals surface area contributed by atoms with Gasteiger partial charge in [-0.15, -0.1) is 0 Å². The van der Waals surface area contributed by atoms with Gasteiger partial charge >= 0.3 is 0 Å². The van der Waals surface area contributed by atoms with Crippen LogP contribution in [0.5, 0.6) is 11.6 Å². The van der Waals surface area contributed by atoms with Gasteiger partial charge in [-0.2, -0.15) is 0 Å². The number of piperidine rings is 2. The Morgan fingerprint density at radius 3 is 2.53 bits per heavy atom. The van der Waals surface area contributed by atoms with E-state index in [1.165, 1.54) is 31.7 Å². The zero-order chi connectivity index (χ0) is 23.5. The Balaban J connectivity index is 1.26. The molecule has 0 spiro atoms. The van der Waals surface area contributed by atoms with Crippen LogP contribution in [0.1, 0.15) is 69.9 Å². The molecule has 3 heterocycles. The molecule has 3 fully saturated rings. The Bertz CT molecular complexity index is 1000. The molecule has 1 atom stereocenters. The summed E-state index contributed by atoms with van der Waals surface area (Å²) in [7, 11) is 0. The lowest BCUT2D eigenvalue weighted by molar-refractivity contribution is -0.145. The van der Waals surface area contributed by atoms with Gasteiger partial charge in [-0.05, 0) is 63.7 Å². The number of ether oxygens (including phenoxy) is 1. The quantitative estimate of drug-likeness (QED) is 0.609. The summed E-state index contributed by atoms with van der Waals surface area (Å²) in [6.45, 7) is 5.58. The van der Waals surface area contributed by atoms with Gasteiger partial charge in [0.1, 0.15) is 5.69 Å². The number of carbonyl (C=O) groups is 1. The van der Waals surface area contributed by atoms with E-state index in [2.05, 4.69) is 21.8 Å². The third-order valence-corrected chi connectivity index (χ3v) is 8.09. The van der Waals surface area contributed by atoms with Gasteiger partial charge in [0.05, 0.1) is 0 Å². The maximum atomic E-state index is 14.2. The van der Waals surface area contributed by atoms with Gasteiger partial charge in [-0.1, -0.05) is 31.9 Å². The first-order valence-electron chi connectivity index (χ1n) is 12.8. The van der Waals surface area contributed by atoms with Gasteiger partial charge in [0.15, 0.2) is 11.6 Å². The van der Waals surface area contributed by atoms with Crippen LogP contribution in [-0.4, -0.2) is 57.9 Å². The second kappa shape index (κ2) is 9.98. The fourth-order valence-corrected chi connectivity index (χ4v) is 5.96. The summed E-state index contributed by atoms with van der Waals surface area (Å²) in [5.74, 6) is 0.313. The van der Waals surface area contributed by atoms with Gasteiger partial charge in [-0.25, -0.2) is 9.37 Å². The minimum absolute atomic E-state index is 0.0235. The number of para-hydroxylation sites is 1. The predicted octanol–water partition coefficient (Wildman–Crippen LogP) is 5.16. The largest absolute Gasteiger partial charge is 0.434 e. The van der Waals surface area contributed by atoms with Crippen LogP contribution in [0.4, 0.5) is 4.39 Å². The van der Waals surface area contributed by atoms with Crippen molar-refractivity contribution in [3.05, 3.63) is 48.2 Å². The van der Waals surface area contributed by atoms with Crippen molar-refractivity contribution >= 4 is 5.91 Å². The molecule has 5 rings (SSSR count). The Morgan fingerprint density at radius 2 is 1.76 bits per heavy atom. The number of amides is 1. The van der Waals surface area contributed by atoms with Crippen molar-refractivity contribution in [2.45, 2.75) is 70.3 Å². The third-order valence-electron chi connectivity index (χ3n) is 8.09. The Kier molecular flexibility index (Phi) is 6.82. The molecule has 2 aromatic rings. The summed E-state index contributed by atoms with van der Waals surface area (Å²) in [6, 6.07) is 7.04. The van der Waals surface area contributed by atoms with Gasteiger partial charge in [0.2, 0.25) is 11.8 Å². The summed E-state index contributed by atoms with van der Waals surface area (Å²) in [6.07, 6.45) is 12.2. The van der Waals surface area contributed by atoms with E-state index in [9.17, 15) is 9.18 Å². The number of carbonyl (C=O) groups excluding carboxylic acids is 1. The molecule has 2 aliphatic heterocycles. The van der Waals surface area contributed by atoms with Crippen molar-refractivity contribution in [3.63, 3.8) is 0 Å². The number of benzene rings is 1. The minimum atomic E-state index is -0.434. The highest BCUT2D eigenvalue weighted by Crippen LogP contribution is 2.39. The average molecular weight is 467 g/mol. The molecule has 1 aromatic carbocycles. The second-order valence-corrected chi connectivity index (χ2v) is 10.4. The number of aromatic nitrogens is 2. The van der Waals surface area contributed by atoms with E-state index >= 15 is 0 Å². The normalized spacial score (nSPS) is 23.7. The molecule has 0 bridgehead atoms. The van der Waals surface area contributed by atoms with Crippen molar-refractivity contribution < 1.29 is 13.9 Å². The Hall–Kier alpha value is -2.54. The van der Waals surface area contributed by atoms with Crippen LogP contribution in [0.3, 0.4) is 0 Å². The molecular formula is C27H35FN4O2. The standard InChI is InChI=1S/C27H35FN4O2/c1-27(12-17-31(18-13-27)21-8-2-3-9-21)26(33)32-16-6-7-20(19-32)24-25(30-15-14-29-24)34-23-11-5-4-10-22(23)28/h4-5,10-11,14-15,20-21H,2-3,6-9,12-13,16-19H2,1H3/t20-/m1/s1. The average Bonchev–Trinajstić information content (AvgIpc) is 3.41. The summed E-state index contributed by atoms with van der Waals surface area (Å²) >= 11 is 0. The number of hydrogen-bond acceptors (Lipinski definition) is 5. The first kappa shape index (κ1) is 23.2. The summed E-state index contributed by atoms with van der Waals surface area (Å²) < 4.78 is 20.0. The van der Waals surface area contributed by atoms with Gasteiger partial charge in [0.25, 0.3) is 0 Å². The second-order valence-electron chi connectivity index (χ2n) is 10.4. The number of halogens is 1. The predicted molar refractivity (Wildman–Crippen MR) is 128 cm³/mol. The van der Waals surface area contributed by atoms with E-state index in [1.807, 2.05) is 4.90 Å². The fraction of sp³-hybridized carbons (Fsp3) is 0.593. The van der Waals surface area contributed by atoms with Crippen molar-refractivity contribution in [1.82, 2.24) is 19.8 Å². The van der Waals surface area contributed by atoms with Crippen LogP contribution in [-0.2, 0) is 4.79 Å². The SMILES string of the molecule is CC1(C(=O)N2CCC[C@@H](c3nccnc3Oc3ccccc3F)C2)CCN(C2CCCC2)CC1. The minimum Gasteiger partial charge on any atom is -0.434 e. The number of hydrogen-bond donors (Lipinski definition) is 0. The topological polar surface area (TPSA) is 58.6 Å². The van der Waals surface area contributed by atoms with Crippen LogP contribution in [0.2, 0.25) is 0 Å². The molecule has 3 aliphatic rings. The molecule has 6 nitrogen and oxygen atoms in total. The van der Waals surface area contributed by atoms with Crippen molar-refractivity contribution in [1.29, 1.82) is 0 Å². The molecule has 1 aromatic heterocycles. The first-order chi connectivity index (χ1) is 16.5. The highest BCUT2D eigenvalue weighted by atomic mass is 19.1. The number of likely N-dealkylation sites (tertiary alicyclic amines) is 2. The smallest absolute Gasteiger partial charge is 0.241 e. The molecule has 1 amide bonds. The van der Waals surface area contributed by atoms with E-state index in [1.54, 1.807) is 30.6 Å². The summed E-state index contributed by atoms with van der Waals surface area (Å²) in [5, 5.41) is 0. The van der Waals surface area contributed by atoms with Gasteiger partial charge in [-0.3, -0.25) is 9.78 Å². The molecule has 2 saturated heterocycles. The summed E-state index contributed by atoms with van der Waals surface area (Å²) in [4.78, 5) is 27.2.